The van der Waals surface area contributed by atoms with Crippen molar-refractivity contribution in [3.8, 4) is 11.5 Å². The minimum atomic E-state index is -1.17. The van der Waals surface area contributed by atoms with Gasteiger partial charge in [-0.1, -0.05) is 54.6 Å². The van der Waals surface area contributed by atoms with E-state index in [-0.39, 0.29) is 25.2 Å². The number of esters is 1. The topological polar surface area (TPSA) is 110 Å². The monoisotopic (exact) mass is 574 g/mol. The van der Waals surface area contributed by atoms with Gasteiger partial charge in [-0.25, -0.2) is 0 Å². The van der Waals surface area contributed by atoms with E-state index in [9.17, 15) is 14.7 Å². The van der Waals surface area contributed by atoms with Crippen LogP contribution in [0.4, 0.5) is 0 Å². The third-order valence-electron chi connectivity index (χ3n) is 7.17. The lowest BCUT2D eigenvalue weighted by atomic mass is 9.80. The predicted octanol–water partition coefficient (Wildman–Crippen LogP) is 3.52. The molecule has 1 saturated heterocycles. The number of rotatable bonds is 14. The van der Waals surface area contributed by atoms with Gasteiger partial charge in [-0.05, 0) is 47.9 Å². The Morgan fingerprint density at radius 2 is 1.40 bits per heavy atom. The Morgan fingerprint density at radius 3 is 1.93 bits per heavy atom. The Bertz CT molecular complexity index is 1250. The Labute approximate surface area is 247 Å². The summed E-state index contributed by atoms with van der Waals surface area (Å²) in [5.41, 5.74) is 1.38. The van der Waals surface area contributed by atoms with Crippen LogP contribution >= 0.6 is 0 Å². The fourth-order valence-corrected chi connectivity index (χ4v) is 4.91. The summed E-state index contributed by atoms with van der Waals surface area (Å²) < 4.78 is 34.0. The summed E-state index contributed by atoms with van der Waals surface area (Å²) in [6, 6.07) is 23.9. The zero-order chi connectivity index (χ0) is 30.1. The van der Waals surface area contributed by atoms with Crippen LogP contribution in [0.25, 0.3) is 0 Å². The zero-order valence-electron chi connectivity index (χ0n) is 23.9. The molecule has 0 amide bonds. The van der Waals surface area contributed by atoms with Crippen LogP contribution in [-0.4, -0.2) is 76.6 Å². The number of ether oxygens (including phenoxy) is 6. The number of carbonyl (C=O) groups excluding carboxylic acids is 2. The van der Waals surface area contributed by atoms with Crippen molar-refractivity contribution in [2.45, 2.75) is 49.7 Å². The molecule has 1 N–H and O–H groups in total. The lowest BCUT2D eigenvalue weighted by Gasteiger charge is -2.37. The van der Waals surface area contributed by atoms with Gasteiger partial charge in [0.05, 0.1) is 27.2 Å². The number of hydrogen-bond acceptors (Lipinski definition) is 9. The van der Waals surface area contributed by atoms with Gasteiger partial charge >= 0.3 is 5.97 Å². The lowest BCUT2D eigenvalue weighted by Crippen LogP contribution is -2.40. The van der Waals surface area contributed by atoms with E-state index in [2.05, 4.69) is 0 Å². The van der Waals surface area contributed by atoms with E-state index in [0.29, 0.717) is 11.5 Å². The van der Waals surface area contributed by atoms with Crippen molar-refractivity contribution in [1.82, 2.24) is 0 Å². The van der Waals surface area contributed by atoms with Crippen molar-refractivity contribution >= 4 is 19.6 Å². The molecular weight excluding hydrogens is 539 g/mol. The zero-order valence-corrected chi connectivity index (χ0v) is 23.9. The molecule has 220 valence electrons. The van der Waals surface area contributed by atoms with Crippen LogP contribution in [0.3, 0.4) is 0 Å². The normalized spacial score (nSPS) is 20.2. The number of carbonyl (C=O) groups is 2. The highest BCUT2D eigenvalue weighted by atomic mass is 16.7. The summed E-state index contributed by atoms with van der Waals surface area (Å²) in [5.74, 6) is 0.683. The second-order valence-electron chi connectivity index (χ2n) is 9.91. The molecule has 2 radical (unpaired) electrons. The smallest absolute Gasteiger partial charge is 0.308 e. The van der Waals surface area contributed by atoms with Crippen LogP contribution in [0.15, 0.2) is 78.9 Å². The molecule has 10 heteroatoms. The van der Waals surface area contributed by atoms with Gasteiger partial charge in [0.25, 0.3) is 0 Å². The van der Waals surface area contributed by atoms with Crippen molar-refractivity contribution in [3.05, 3.63) is 95.6 Å². The van der Waals surface area contributed by atoms with Crippen molar-refractivity contribution < 1.29 is 43.1 Å². The average molecular weight is 574 g/mol. The average Bonchev–Trinajstić information content (AvgIpc) is 3.29. The summed E-state index contributed by atoms with van der Waals surface area (Å²) in [6.07, 6.45) is -2.96. The Kier molecular flexibility index (Phi) is 10.8. The first kappa shape index (κ1) is 31.2. The van der Waals surface area contributed by atoms with Gasteiger partial charge in [-0.3, -0.25) is 4.79 Å². The number of Topliss-reactive ketones (excluding diaryl/α,β-unsaturated/α-hetero) is 1. The van der Waals surface area contributed by atoms with Crippen LogP contribution in [0.5, 0.6) is 11.5 Å². The second kappa shape index (κ2) is 14.5. The van der Waals surface area contributed by atoms with Gasteiger partial charge in [0.1, 0.15) is 49.0 Å². The van der Waals surface area contributed by atoms with Crippen molar-refractivity contribution in [2.75, 3.05) is 27.6 Å². The van der Waals surface area contributed by atoms with E-state index in [0.717, 1.165) is 16.7 Å². The number of ketones is 1. The molecular formula is C32H35BO9. The van der Waals surface area contributed by atoms with Crippen molar-refractivity contribution in [1.29, 1.82) is 0 Å². The highest BCUT2D eigenvalue weighted by Gasteiger charge is 2.45. The predicted molar refractivity (Wildman–Crippen MR) is 154 cm³/mol. The number of benzene rings is 3. The molecule has 0 bridgehead atoms. The highest BCUT2D eigenvalue weighted by Crippen LogP contribution is 2.42. The van der Waals surface area contributed by atoms with E-state index in [4.69, 9.17) is 36.3 Å². The number of hydrogen-bond donors (Lipinski definition) is 1. The molecule has 1 fully saturated rings. The van der Waals surface area contributed by atoms with Crippen LogP contribution in [-0.2, 0) is 34.1 Å². The molecule has 1 heterocycles. The minimum absolute atomic E-state index is 0.0524. The summed E-state index contributed by atoms with van der Waals surface area (Å²) in [7, 11) is 9.34. The van der Waals surface area contributed by atoms with Gasteiger partial charge in [0.15, 0.2) is 6.79 Å². The van der Waals surface area contributed by atoms with Gasteiger partial charge < -0.3 is 38.3 Å². The summed E-state index contributed by atoms with van der Waals surface area (Å²) >= 11 is 0. The fraction of sp³-hybridized carbons (Fsp3) is 0.375. The van der Waals surface area contributed by atoms with Gasteiger partial charge in [0, 0.05) is 12.4 Å². The van der Waals surface area contributed by atoms with E-state index >= 15 is 0 Å². The molecule has 0 saturated carbocycles. The fourth-order valence-electron chi connectivity index (χ4n) is 4.91. The van der Waals surface area contributed by atoms with Crippen molar-refractivity contribution in [3.63, 3.8) is 0 Å². The molecule has 3 aromatic rings. The first-order valence-corrected chi connectivity index (χ1v) is 13.6. The number of aliphatic hydroxyl groups excluding tert-OH is 1. The third-order valence-corrected chi connectivity index (χ3v) is 7.17. The SMILES string of the molecule is [B][C@@H]1O[C@H](COC(c2ccccc2)(c2ccc(OC)cc2)c2ccc(OC)cc2)C(O)C1OCOC(=O)CCC(C)=O. The Hall–Kier alpha value is -3.70. The van der Waals surface area contributed by atoms with Crippen molar-refractivity contribution in [2.24, 2.45) is 0 Å². The summed E-state index contributed by atoms with van der Waals surface area (Å²) in [5, 5.41) is 11.1. The summed E-state index contributed by atoms with van der Waals surface area (Å²) in [6.45, 7) is 0.905. The van der Waals surface area contributed by atoms with E-state index in [1.54, 1.807) is 14.2 Å². The first-order chi connectivity index (χ1) is 20.3. The maximum Gasteiger partial charge on any atom is 0.308 e. The Morgan fingerprint density at radius 1 is 0.857 bits per heavy atom. The molecule has 2 unspecified atom stereocenters. The van der Waals surface area contributed by atoms with E-state index in [1.165, 1.54) is 6.92 Å². The van der Waals surface area contributed by atoms with Gasteiger partial charge in [-0.15, -0.1) is 0 Å². The molecule has 0 spiro atoms. The quantitative estimate of drug-likeness (QED) is 0.134. The standard InChI is InChI=1S/C32H35BO9/c1-21(34)9-18-28(35)39-20-40-30-29(36)27(42-31(30)33)19-41-32(22-7-5-4-6-8-22,23-10-14-25(37-2)15-11-23)24-12-16-26(38-3)17-13-24/h4-8,10-17,27,29-31,36H,9,18-20H2,1-3H3/t27-,29?,30?,31-/m1/s1. The maximum atomic E-state index is 11.8. The minimum Gasteiger partial charge on any atom is -0.497 e. The molecule has 0 aliphatic carbocycles. The second-order valence-corrected chi connectivity index (χ2v) is 9.91. The van der Waals surface area contributed by atoms with Crippen LogP contribution in [0.1, 0.15) is 36.5 Å². The molecule has 3 aromatic carbocycles. The molecule has 4 rings (SSSR count). The Balaban J connectivity index is 1.58. The molecule has 0 aromatic heterocycles. The first-order valence-electron chi connectivity index (χ1n) is 13.6. The van der Waals surface area contributed by atoms with Gasteiger partial charge in [0.2, 0.25) is 0 Å². The van der Waals surface area contributed by atoms with E-state index in [1.807, 2.05) is 78.9 Å². The molecule has 9 nitrogen and oxygen atoms in total. The molecule has 1 aliphatic rings. The molecule has 42 heavy (non-hydrogen) atoms. The van der Waals surface area contributed by atoms with Crippen LogP contribution in [0.2, 0.25) is 0 Å². The largest absolute Gasteiger partial charge is 0.497 e. The number of methoxy groups -OCH3 is 2. The van der Waals surface area contributed by atoms with Crippen LogP contribution < -0.4 is 9.47 Å². The molecule has 1 aliphatic heterocycles. The van der Waals surface area contributed by atoms with Gasteiger partial charge in [-0.2, -0.15) is 0 Å². The summed E-state index contributed by atoms with van der Waals surface area (Å²) in [4.78, 5) is 22.9. The molecule has 4 atom stereocenters. The number of aliphatic hydroxyl groups is 1. The van der Waals surface area contributed by atoms with Crippen LogP contribution in [0, 0.1) is 0 Å². The maximum absolute atomic E-state index is 11.8. The van der Waals surface area contributed by atoms with E-state index < -0.39 is 42.7 Å². The lowest BCUT2D eigenvalue weighted by molar-refractivity contribution is -0.166. The third kappa shape index (κ3) is 7.20. The highest BCUT2D eigenvalue weighted by molar-refractivity contribution is 6.11.